The second-order valence-corrected chi connectivity index (χ2v) is 9.45. The number of fused-ring (bicyclic) bond motifs is 1. The Morgan fingerprint density at radius 3 is 2.46 bits per heavy atom. The van der Waals surface area contributed by atoms with Crippen molar-refractivity contribution in [3.05, 3.63) is 77.1 Å². The zero-order chi connectivity index (χ0) is 24.7. The number of hydrogen-bond donors (Lipinski definition) is 0. The molecular weight excluding hydrogens is 463 g/mol. The first-order chi connectivity index (χ1) is 16.8. The molecule has 0 spiro atoms. The standard InChI is InChI=1S/C27H24ClFN6/c1-15(2)13-35-14-20(12-30-35)18-6-5-7-19(10-18)26-33-24(22-9-8-21(28)11-23(22)29)25-27(34-26)32-17(4)16(3)31-25/h5-12,14-15H,13H2,1-4H3. The third kappa shape index (κ3) is 4.64. The molecule has 0 aliphatic heterocycles. The zero-order valence-electron chi connectivity index (χ0n) is 19.9. The van der Waals surface area contributed by atoms with Crippen molar-refractivity contribution in [3.8, 4) is 33.8 Å². The van der Waals surface area contributed by atoms with Gasteiger partial charge in [0.25, 0.3) is 0 Å². The highest BCUT2D eigenvalue weighted by Gasteiger charge is 2.18. The minimum atomic E-state index is -0.477. The lowest BCUT2D eigenvalue weighted by Crippen LogP contribution is -2.04. The topological polar surface area (TPSA) is 69.4 Å². The molecule has 35 heavy (non-hydrogen) atoms. The van der Waals surface area contributed by atoms with Crippen molar-refractivity contribution < 1.29 is 4.39 Å². The first-order valence-electron chi connectivity index (χ1n) is 11.4. The first-order valence-corrected chi connectivity index (χ1v) is 11.8. The van der Waals surface area contributed by atoms with Crippen LogP contribution in [0.5, 0.6) is 0 Å². The van der Waals surface area contributed by atoms with Crippen molar-refractivity contribution in [3.63, 3.8) is 0 Å². The minimum absolute atomic E-state index is 0.298. The maximum atomic E-state index is 15.0. The summed E-state index contributed by atoms with van der Waals surface area (Å²) in [5, 5.41) is 4.79. The van der Waals surface area contributed by atoms with E-state index in [2.05, 4.69) is 28.9 Å². The van der Waals surface area contributed by atoms with Crippen LogP contribution < -0.4 is 0 Å². The van der Waals surface area contributed by atoms with E-state index < -0.39 is 5.82 Å². The van der Waals surface area contributed by atoms with Crippen LogP contribution >= 0.6 is 11.6 Å². The largest absolute Gasteiger partial charge is 0.272 e. The smallest absolute Gasteiger partial charge is 0.182 e. The molecule has 0 N–H and O–H groups in total. The molecular formula is C27H24ClFN6. The number of halogens is 2. The van der Waals surface area contributed by atoms with Gasteiger partial charge in [-0.1, -0.05) is 43.6 Å². The van der Waals surface area contributed by atoms with Crippen LogP contribution in [0.4, 0.5) is 4.39 Å². The summed E-state index contributed by atoms with van der Waals surface area (Å²) in [6.07, 6.45) is 3.89. The van der Waals surface area contributed by atoms with Crippen molar-refractivity contribution in [2.45, 2.75) is 34.2 Å². The number of rotatable bonds is 5. The van der Waals surface area contributed by atoms with Gasteiger partial charge in [-0.2, -0.15) is 5.10 Å². The lowest BCUT2D eigenvalue weighted by molar-refractivity contribution is 0.483. The molecule has 2 aromatic carbocycles. The summed E-state index contributed by atoms with van der Waals surface area (Å²) < 4.78 is 16.9. The van der Waals surface area contributed by atoms with E-state index in [1.165, 1.54) is 6.07 Å². The summed E-state index contributed by atoms with van der Waals surface area (Å²) in [5.41, 5.74) is 5.83. The van der Waals surface area contributed by atoms with Gasteiger partial charge in [-0.15, -0.1) is 0 Å². The van der Waals surface area contributed by atoms with Gasteiger partial charge in [-0.3, -0.25) is 4.68 Å². The number of benzene rings is 2. The molecule has 0 fully saturated rings. The molecule has 8 heteroatoms. The molecule has 176 valence electrons. The maximum Gasteiger partial charge on any atom is 0.182 e. The Hall–Kier alpha value is -3.71. The molecule has 0 bridgehead atoms. The van der Waals surface area contributed by atoms with E-state index in [0.717, 1.165) is 34.6 Å². The quantitative estimate of drug-likeness (QED) is 0.277. The zero-order valence-corrected chi connectivity index (χ0v) is 20.7. The van der Waals surface area contributed by atoms with Gasteiger partial charge >= 0.3 is 0 Å². The van der Waals surface area contributed by atoms with Crippen molar-refractivity contribution in [1.29, 1.82) is 0 Å². The fraction of sp³-hybridized carbons (Fsp3) is 0.222. The Morgan fingerprint density at radius 2 is 1.69 bits per heavy atom. The van der Waals surface area contributed by atoms with Crippen LogP contribution in [0.2, 0.25) is 5.02 Å². The second kappa shape index (κ2) is 9.15. The van der Waals surface area contributed by atoms with E-state index in [4.69, 9.17) is 21.6 Å². The summed E-state index contributed by atoms with van der Waals surface area (Å²) in [6, 6.07) is 12.4. The van der Waals surface area contributed by atoms with E-state index in [-0.39, 0.29) is 0 Å². The molecule has 5 aromatic rings. The average molecular weight is 487 g/mol. The van der Waals surface area contributed by atoms with Gasteiger partial charge < -0.3 is 0 Å². The third-order valence-electron chi connectivity index (χ3n) is 5.77. The second-order valence-electron chi connectivity index (χ2n) is 9.01. The Labute approximate surface area is 207 Å². The van der Waals surface area contributed by atoms with Crippen LogP contribution in [0.1, 0.15) is 25.2 Å². The van der Waals surface area contributed by atoms with E-state index in [1.54, 1.807) is 12.1 Å². The molecule has 3 aromatic heterocycles. The molecule has 0 aliphatic rings. The molecule has 6 nitrogen and oxygen atoms in total. The van der Waals surface area contributed by atoms with Gasteiger partial charge in [0, 0.05) is 34.5 Å². The van der Waals surface area contributed by atoms with Gasteiger partial charge in [0.2, 0.25) is 0 Å². The first kappa shape index (κ1) is 23.1. The number of nitrogens with zero attached hydrogens (tertiary/aromatic N) is 6. The highest BCUT2D eigenvalue weighted by Crippen LogP contribution is 2.32. The summed E-state index contributed by atoms with van der Waals surface area (Å²) in [7, 11) is 0. The van der Waals surface area contributed by atoms with E-state index >= 15 is 0 Å². The Bertz CT molecular complexity index is 1560. The van der Waals surface area contributed by atoms with Crippen LogP contribution in [0, 0.1) is 25.6 Å². The molecule has 0 aliphatic carbocycles. The minimum Gasteiger partial charge on any atom is -0.272 e. The Kier molecular flexibility index (Phi) is 6.03. The SMILES string of the molecule is Cc1nc2nc(-c3cccc(-c4cnn(CC(C)C)c4)c3)nc(-c3ccc(Cl)cc3F)c2nc1C. The molecule has 0 atom stereocenters. The van der Waals surface area contributed by atoms with Crippen LogP contribution in [-0.4, -0.2) is 29.7 Å². The highest BCUT2D eigenvalue weighted by molar-refractivity contribution is 6.30. The normalized spacial score (nSPS) is 11.5. The van der Waals surface area contributed by atoms with Crippen LogP contribution in [0.25, 0.3) is 44.9 Å². The average Bonchev–Trinajstić information content (AvgIpc) is 3.27. The lowest BCUT2D eigenvalue weighted by Gasteiger charge is -2.11. The fourth-order valence-corrected chi connectivity index (χ4v) is 4.09. The molecule has 0 unspecified atom stereocenters. The molecule has 5 rings (SSSR count). The fourth-order valence-electron chi connectivity index (χ4n) is 3.94. The highest BCUT2D eigenvalue weighted by atomic mass is 35.5. The van der Waals surface area contributed by atoms with Crippen molar-refractivity contribution in [1.82, 2.24) is 29.7 Å². The Morgan fingerprint density at radius 1 is 0.914 bits per heavy atom. The predicted octanol–water partition coefficient (Wildman–Crippen LogP) is 6.68. The van der Waals surface area contributed by atoms with Crippen LogP contribution in [0.15, 0.2) is 54.9 Å². The number of aromatic nitrogens is 6. The van der Waals surface area contributed by atoms with Crippen molar-refractivity contribution in [2.24, 2.45) is 5.92 Å². The van der Waals surface area contributed by atoms with E-state index in [9.17, 15) is 4.39 Å². The number of hydrogen-bond acceptors (Lipinski definition) is 5. The van der Waals surface area contributed by atoms with Crippen LogP contribution in [0.3, 0.4) is 0 Å². The molecule has 3 heterocycles. The van der Waals surface area contributed by atoms with Crippen molar-refractivity contribution >= 4 is 22.8 Å². The van der Waals surface area contributed by atoms with Crippen molar-refractivity contribution in [2.75, 3.05) is 0 Å². The monoisotopic (exact) mass is 486 g/mol. The van der Waals surface area contributed by atoms with Gasteiger partial charge in [0.1, 0.15) is 17.0 Å². The third-order valence-corrected chi connectivity index (χ3v) is 6.00. The van der Waals surface area contributed by atoms with Gasteiger partial charge in [0.15, 0.2) is 11.5 Å². The maximum absolute atomic E-state index is 15.0. The van der Waals surface area contributed by atoms with Crippen LogP contribution in [-0.2, 0) is 6.54 Å². The summed E-state index contributed by atoms with van der Waals surface area (Å²) in [5.74, 6) is 0.464. The summed E-state index contributed by atoms with van der Waals surface area (Å²) in [4.78, 5) is 18.7. The Balaban J connectivity index is 1.67. The van der Waals surface area contributed by atoms with Gasteiger partial charge in [-0.25, -0.2) is 24.3 Å². The van der Waals surface area contributed by atoms with Gasteiger partial charge in [0.05, 0.1) is 17.6 Å². The predicted molar refractivity (Wildman–Crippen MR) is 137 cm³/mol. The summed E-state index contributed by atoms with van der Waals surface area (Å²) in [6.45, 7) is 8.90. The molecule has 0 saturated heterocycles. The van der Waals surface area contributed by atoms with E-state index in [0.29, 0.717) is 39.2 Å². The molecule has 0 radical (unpaired) electrons. The molecule has 0 amide bonds. The lowest BCUT2D eigenvalue weighted by atomic mass is 10.0. The molecule has 0 saturated carbocycles. The summed E-state index contributed by atoms with van der Waals surface area (Å²) >= 11 is 5.99. The van der Waals surface area contributed by atoms with Gasteiger partial charge in [-0.05, 0) is 49.6 Å². The van der Waals surface area contributed by atoms with E-state index in [1.807, 2.05) is 55.2 Å². The number of aryl methyl sites for hydroxylation is 2.